The van der Waals surface area contributed by atoms with Crippen molar-refractivity contribution in [3.05, 3.63) is 40.9 Å². The first kappa shape index (κ1) is 24.3. The van der Waals surface area contributed by atoms with Crippen molar-refractivity contribution in [2.24, 2.45) is 0 Å². The molecule has 0 saturated carbocycles. The van der Waals surface area contributed by atoms with Crippen molar-refractivity contribution in [2.45, 2.75) is 37.5 Å². The number of morpholine rings is 1. The molecule has 2 N–H and O–H groups in total. The molecule has 1 saturated heterocycles. The minimum absolute atomic E-state index is 0.00127. The normalized spacial score (nSPS) is 19.9. The molecule has 1 aliphatic rings. The lowest BCUT2D eigenvalue weighted by Crippen LogP contribution is -2.44. The highest BCUT2D eigenvalue weighted by molar-refractivity contribution is 7.89. The summed E-state index contributed by atoms with van der Waals surface area (Å²) < 4.78 is 37.5. The number of sulfonamides is 1. The Balaban J connectivity index is 1.62. The molecule has 32 heavy (non-hydrogen) atoms. The van der Waals surface area contributed by atoms with Crippen LogP contribution in [-0.4, -0.2) is 63.7 Å². The van der Waals surface area contributed by atoms with Gasteiger partial charge in [0.05, 0.1) is 25.0 Å². The first-order valence-electron chi connectivity index (χ1n) is 10.1. The maximum atomic E-state index is 12.3. The number of amides is 1. The second-order valence-electron chi connectivity index (χ2n) is 7.54. The number of thiazole rings is 1. The summed E-state index contributed by atoms with van der Waals surface area (Å²) in [4.78, 5) is 19.1. The molecule has 2 aromatic rings. The highest BCUT2D eigenvalue weighted by Crippen LogP contribution is 2.25. The predicted octanol–water partition coefficient (Wildman–Crippen LogP) is 2.32. The molecule has 174 valence electrons. The maximum Gasteiger partial charge on any atom is 0.250 e. The second kappa shape index (κ2) is 10.5. The van der Waals surface area contributed by atoms with E-state index in [0.29, 0.717) is 17.2 Å². The summed E-state index contributed by atoms with van der Waals surface area (Å²) in [5.74, 6) is -0.131. The number of rotatable bonds is 8. The fraction of sp³-hybridized carbons (Fsp3) is 0.429. The van der Waals surface area contributed by atoms with Gasteiger partial charge in [-0.05, 0) is 44.7 Å². The predicted molar refractivity (Wildman–Crippen MR) is 124 cm³/mol. The zero-order chi connectivity index (χ0) is 23.3. The molecule has 0 bridgehead atoms. The van der Waals surface area contributed by atoms with Gasteiger partial charge >= 0.3 is 0 Å². The van der Waals surface area contributed by atoms with Crippen molar-refractivity contribution in [3.8, 4) is 5.75 Å². The average molecular weight is 481 g/mol. The lowest BCUT2D eigenvalue weighted by atomic mass is 10.2. The van der Waals surface area contributed by atoms with Crippen molar-refractivity contribution in [2.75, 3.05) is 32.6 Å². The third-order valence-electron chi connectivity index (χ3n) is 4.84. The number of carbonyl (C=O) groups excluding carboxylic acids is 1. The van der Waals surface area contributed by atoms with E-state index in [9.17, 15) is 13.2 Å². The van der Waals surface area contributed by atoms with E-state index in [0.717, 1.165) is 18.8 Å². The summed E-state index contributed by atoms with van der Waals surface area (Å²) in [6.07, 6.45) is 3.24. The fourth-order valence-corrected chi connectivity index (χ4v) is 5.15. The lowest BCUT2D eigenvalue weighted by Gasteiger charge is -2.34. The van der Waals surface area contributed by atoms with Gasteiger partial charge in [0, 0.05) is 31.1 Å². The number of aromatic nitrogens is 1. The zero-order valence-corrected chi connectivity index (χ0v) is 20.1. The molecule has 1 aromatic carbocycles. The Morgan fingerprint density at radius 1 is 1.34 bits per heavy atom. The quantitative estimate of drug-likeness (QED) is 0.558. The van der Waals surface area contributed by atoms with Gasteiger partial charge in [-0.3, -0.25) is 15.0 Å². The van der Waals surface area contributed by atoms with E-state index in [4.69, 9.17) is 9.47 Å². The van der Waals surface area contributed by atoms with Gasteiger partial charge in [0.1, 0.15) is 10.6 Å². The number of methoxy groups -OCH3 is 1. The smallest absolute Gasteiger partial charge is 0.250 e. The van der Waals surface area contributed by atoms with Crippen molar-refractivity contribution >= 4 is 38.5 Å². The Morgan fingerprint density at radius 2 is 2.06 bits per heavy atom. The van der Waals surface area contributed by atoms with Crippen LogP contribution in [0.15, 0.2) is 34.6 Å². The minimum Gasteiger partial charge on any atom is -0.495 e. The van der Waals surface area contributed by atoms with E-state index in [-0.39, 0.29) is 28.8 Å². The van der Waals surface area contributed by atoms with Crippen LogP contribution in [-0.2, 0) is 26.1 Å². The van der Waals surface area contributed by atoms with E-state index in [2.05, 4.69) is 33.8 Å². The summed E-state index contributed by atoms with van der Waals surface area (Å²) >= 11 is 1.36. The monoisotopic (exact) mass is 480 g/mol. The number of hydrogen-bond donors (Lipinski definition) is 2. The van der Waals surface area contributed by atoms with Crippen molar-refractivity contribution in [1.29, 1.82) is 0 Å². The number of hydrogen-bond acceptors (Lipinski definition) is 8. The third-order valence-corrected chi connectivity index (χ3v) is 7.08. The van der Waals surface area contributed by atoms with Crippen LogP contribution in [0.4, 0.5) is 5.13 Å². The van der Waals surface area contributed by atoms with Crippen molar-refractivity contribution < 1.29 is 22.7 Å². The molecule has 0 aliphatic carbocycles. The summed E-state index contributed by atoms with van der Waals surface area (Å²) in [6.45, 7) is 6.51. The Morgan fingerprint density at radius 3 is 2.72 bits per heavy atom. The summed E-state index contributed by atoms with van der Waals surface area (Å²) in [5.41, 5.74) is 1.44. The molecule has 2 heterocycles. The fourth-order valence-electron chi connectivity index (χ4n) is 3.52. The van der Waals surface area contributed by atoms with Gasteiger partial charge < -0.3 is 9.47 Å². The topological polar surface area (TPSA) is 110 Å². The van der Waals surface area contributed by atoms with Crippen LogP contribution >= 0.6 is 11.3 Å². The van der Waals surface area contributed by atoms with E-state index in [1.807, 2.05) is 5.38 Å². The van der Waals surface area contributed by atoms with Crippen LogP contribution in [0.25, 0.3) is 6.08 Å². The summed E-state index contributed by atoms with van der Waals surface area (Å²) in [5, 5.41) is 5.19. The number of benzene rings is 1. The Labute approximate surface area is 192 Å². The van der Waals surface area contributed by atoms with E-state index >= 15 is 0 Å². The zero-order valence-electron chi connectivity index (χ0n) is 18.5. The van der Waals surface area contributed by atoms with Gasteiger partial charge in [0.15, 0.2) is 5.13 Å². The average Bonchev–Trinajstić information content (AvgIpc) is 3.17. The molecule has 0 radical (unpaired) electrons. The first-order valence-corrected chi connectivity index (χ1v) is 12.5. The van der Waals surface area contributed by atoms with Gasteiger partial charge in [-0.2, -0.15) is 0 Å². The molecule has 9 nitrogen and oxygen atoms in total. The number of ether oxygens (including phenoxy) is 2. The van der Waals surface area contributed by atoms with Gasteiger partial charge in [0.2, 0.25) is 15.9 Å². The van der Waals surface area contributed by atoms with Crippen molar-refractivity contribution in [1.82, 2.24) is 14.6 Å². The molecule has 2 unspecified atom stereocenters. The van der Waals surface area contributed by atoms with E-state index in [1.165, 1.54) is 43.7 Å². The molecule has 0 spiro atoms. The van der Waals surface area contributed by atoms with Crippen LogP contribution in [0.5, 0.6) is 5.75 Å². The summed E-state index contributed by atoms with van der Waals surface area (Å²) in [6, 6.07) is 4.66. The Bertz CT molecular complexity index is 1070. The molecule has 1 aromatic heterocycles. The van der Waals surface area contributed by atoms with Gasteiger partial charge in [0.25, 0.3) is 0 Å². The van der Waals surface area contributed by atoms with Crippen LogP contribution in [0, 0.1) is 0 Å². The Hall–Kier alpha value is -2.31. The highest BCUT2D eigenvalue weighted by atomic mass is 32.2. The molecular formula is C21H28N4O5S2. The number of nitrogens with zero attached hydrogens (tertiary/aromatic N) is 2. The minimum atomic E-state index is -3.70. The van der Waals surface area contributed by atoms with Gasteiger partial charge in [-0.15, -0.1) is 11.3 Å². The second-order valence-corrected chi connectivity index (χ2v) is 10.2. The standard InChI is InChI=1S/C21H28N4O5S2/c1-14-10-25(11-15(2)30-14)12-17-13-31-21(23-17)24-20(26)8-6-16-5-7-18(29-4)19(9-16)32(27,28)22-3/h5-9,13-15,22H,10-12H2,1-4H3,(H,23,24,26)/b8-6+. The number of anilines is 1. The molecule has 1 fully saturated rings. The largest absolute Gasteiger partial charge is 0.495 e. The maximum absolute atomic E-state index is 12.3. The van der Waals surface area contributed by atoms with Crippen LogP contribution in [0.3, 0.4) is 0 Å². The van der Waals surface area contributed by atoms with Gasteiger partial charge in [-0.1, -0.05) is 6.07 Å². The third kappa shape index (κ3) is 6.36. The molecule has 1 amide bonds. The first-order chi connectivity index (χ1) is 15.2. The number of nitrogens with one attached hydrogen (secondary N) is 2. The molecule has 11 heteroatoms. The molecule has 3 rings (SSSR count). The van der Waals surface area contributed by atoms with E-state index < -0.39 is 10.0 Å². The number of carbonyl (C=O) groups is 1. The SMILES string of the molecule is CNS(=O)(=O)c1cc(/C=C/C(=O)Nc2nc(CN3CC(C)OC(C)C3)cs2)ccc1OC. The molecular weight excluding hydrogens is 452 g/mol. The van der Waals surface area contributed by atoms with Gasteiger partial charge in [-0.25, -0.2) is 18.1 Å². The van der Waals surface area contributed by atoms with Crippen LogP contribution in [0.1, 0.15) is 25.1 Å². The molecule has 1 aliphatic heterocycles. The van der Waals surface area contributed by atoms with Crippen LogP contribution < -0.4 is 14.8 Å². The van der Waals surface area contributed by atoms with Crippen LogP contribution in [0.2, 0.25) is 0 Å². The summed E-state index contributed by atoms with van der Waals surface area (Å²) in [7, 11) is -0.972. The Kier molecular flexibility index (Phi) is 8.01. The highest BCUT2D eigenvalue weighted by Gasteiger charge is 2.23. The van der Waals surface area contributed by atoms with Crippen molar-refractivity contribution in [3.63, 3.8) is 0 Å². The molecule has 2 atom stereocenters. The lowest BCUT2D eigenvalue weighted by molar-refractivity contribution is -0.111. The van der Waals surface area contributed by atoms with E-state index in [1.54, 1.807) is 12.1 Å².